The van der Waals surface area contributed by atoms with Gasteiger partial charge in [-0.05, 0) is 57.9 Å². The molecule has 5 heteroatoms. The van der Waals surface area contributed by atoms with Crippen LogP contribution in [0.4, 0.5) is 11.4 Å². The van der Waals surface area contributed by atoms with Crippen LogP contribution in [0.2, 0.25) is 5.02 Å². The van der Waals surface area contributed by atoms with Gasteiger partial charge in [-0.2, -0.15) is 0 Å². The lowest BCUT2D eigenvalue weighted by molar-refractivity contribution is -0.121. The number of hydrogen-bond donors (Lipinski definition) is 2. The molecule has 4 nitrogen and oxygen atoms in total. The first-order valence-electron chi connectivity index (χ1n) is 6.98. The Morgan fingerprint density at radius 3 is 2.65 bits per heavy atom. The predicted octanol–water partition coefficient (Wildman–Crippen LogP) is 2.98. The van der Waals surface area contributed by atoms with E-state index in [1.165, 1.54) is 12.8 Å². The summed E-state index contributed by atoms with van der Waals surface area (Å²) in [5.74, 6) is 0.685. The summed E-state index contributed by atoms with van der Waals surface area (Å²) in [6.07, 6.45) is 2.54. The number of nitrogen functional groups attached to an aromatic ring is 1. The Hall–Kier alpha value is -1.26. The molecule has 0 aliphatic heterocycles. The van der Waals surface area contributed by atoms with E-state index in [-0.39, 0.29) is 11.9 Å². The van der Waals surface area contributed by atoms with Crippen LogP contribution in [-0.2, 0) is 4.79 Å². The minimum absolute atomic E-state index is 0.0472. The van der Waals surface area contributed by atoms with Crippen LogP contribution in [0.3, 0.4) is 0 Å². The Balaban J connectivity index is 1.99. The van der Waals surface area contributed by atoms with Crippen LogP contribution < -0.4 is 11.1 Å². The van der Waals surface area contributed by atoms with E-state index in [9.17, 15) is 4.79 Å². The summed E-state index contributed by atoms with van der Waals surface area (Å²) in [4.78, 5) is 14.4. The third-order valence-corrected chi connectivity index (χ3v) is 4.44. The minimum atomic E-state index is -0.194. The number of carbonyl (C=O) groups excluding carboxylic acids is 1. The van der Waals surface area contributed by atoms with Crippen molar-refractivity contribution in [2.24, 2.45) is 5.92 Å². The largest absolute Gasteiger partial charge is 0.397 e. The van der Waals surface area contributed by atoms with Gasteiger partial charge in [-0.25, -0.2) is 0 Å². The average molecular weight is 296 g/mol. The van der Waals surface area contributed by atoms with Crippen molar-refractivity contribution in [2.75, 3.05) is 18.1 Å². The molecule has 1 saturated carbocycles. The predicted molar refractivity (Wildman–Crippen MR) is 83.9 cm³/mol. The van der Waals surface area contributed by atoms with E-state index in [2.05, 4.69) is 17.1 Å². The second-order valence-corrected chi connectivity index (χ2v) is 6.08. The maximum atomic E-state index is 12.3. The molecule has 2 rings (SSSR count). The Kier molecular flexibility index (Phi) is 4.55. The summed E-state index contributed by atoms with van der Waals surface area (Å²) in [7, 11) is 2.00. The van der Waals surface area contributed by atoms with E-state index in [4.69, 9.17) is 17.3 Å². The molecule has 0 spiro atoms. The quantitative estimate of drug-likeness (QED) is 0.821. The highest BCUT2D eigenvalue weighted by atomic mass is 35.5. The molecule has 1 aromatic rings. The van der Waals surface area contributed by atoms with Gasteiger partial charge in [0.1, 0.15) is 0 Å². The summed E-state index contributed by atoms with van der Waals surface area (Å²) in [6, 6.07) is 5.32. The van der Waals surface area contributed by atoms with Crippen LogP contribution in [0.25, 0.3) is 0 Å². The average Bonchev–Trinajstić information content (AvgIpc) is 3.23. The van der Waals surface area contributed by atoms with Crippen molar-refractivity contribution in [1.29, 1.82) is 0 Å². The zero-order valence-corrected chi connectivity index (χ0v) is 12.9. The number of hydrogen-bond acceptors (Lipinski definition) is 3. The fraction of sp³-hybridized carbons (Fsp3) is 0.533. The third kappa shape index (κ3) is 3.44. The normalized spacial score (nSPS) is 17.9. The van der Waals surface area contributed by atoms with Gasteiger partial charge in [0.05, 0.1) is 17.4 Å². The van der Waals surface area contributed by atoms with Crippen molar-refractivity contribution < 1.29 is 4.79 Å². The number of nitrogens with zero attached hydrogens (tertiary/aromatic N) is 1. The van der Waals surface area contributed by atoms with Crippen molar-refractivity contribution >= 4 is 28.9 Å². The van der Waals surface area contributed by atoms with Crippen LogP contribution in [-0.4, -0.2) is 29.9 Å². The molecule has 0 bridgehead atoms. The van der Waals surface area contributed by atoms with E-state index < -0.39 is 0 Å². The number of halogens is 1. The molecular formula is C15H22ClN3O. The van der Waals surface area contributed by atoms with Crippen LogP contribution in [0.5, 0.6) is 0 Å². The Morgan fingerprint density at radius 1 is 1.45 bits per heavy atom. The fourth-order valence-corrected chi connectivity index (χ4v) is 2.51. The number of benzene rings is 1. The smallest absolute Gasteiger partial charge is 0.241 e. The summed E-state index contributed by atoms with van der Waals surface area (Å²) < 4.78 is 0. The van der Waals surface area contributed by atoms with Crippen molar-refractivity contribution in [2.45, 2.75) is 38.8 Å². The van der Waals surface area contributed by atoms with Crippen LogP contribution in [0.1, 0.15) is 26.7 Å². The molecule has 0 radical (unpaired) electrons. The number of nitrogens with two attached hydrogens (primary N) is 1. The minimum Gasteiger partial charge on any atom is -0.397 e. The zero-order valence-electron chi connectivity index (χ0n) is 12.2. The maximum Gasteiger partial charge on any atom is 0.241 e. The van der Waals surface area contributed by atoms with Crippen molar-refractivity contribution in [3.8, 4) is 0 Å². The summed E-state index contributed by atoms with van der Waals surface area (Å²) in [5, 5.41) is 3.43. The van der Waals surface area contributed by atoms with Crippen molar-refractivity contribution in [1.82, 2.24) is 4.90 Å². The van der Waals surface area contributed by atoms with Gasteiger partial charge in [0.2, 0.25) is 5.91 Å². The number of likely N-dealkylation sites (N-methyl/N-ethyl adjacent to an activating group) is 1. The molecule has 2 unspecified atom stereocenters. The standard InChI is InChI=1S/C15H22ClN3O/c1-9(11-4-5-11)19(3)10(2)15(20)18-14-7-6-12(16)8-13(14)17/h6-11H,4-5,17H2,1-3H3,(H,18,20). The maximum absolute atomic E-state index is 12.3. The molecule has 1 aliphatic rings. The van der Waals surface area contributed by atoms with Gasteiger partial charge in [-0.15, -0.1) is 0 Å². The monoisotopic (exact) mass is 295 g/mol. The second-order valence-electron chi connectivity index (χ2n) is 5.64. The second kappa shape index (κ2) is 6.02. The molecule has 1 aliphatic carbocycles. The fourth-order valence-electron chi connectivity index (χ4n) is 2.33. The van der Waals surface area contributed by atoms with Gasteiger partial charge in [0.25, 0.3) is 0 Å². The third-order valence-electron chi connectivity index (χ3n) is 4.21. The molecule has 0 saturated heterocycles. The Labute approximate surface area is 125 Å². The molecule has 110 valence electrons. The number of carbonyl (C=O) groups is 1. The highest BCUT2D eigenvalue weighted by Crippen LogP contribution is 2.35. The summed E-state index contributed by atoms with van der Waals surface area (Å²) >= 11 is 5.85. The first-order chi connectivity index (χ1) is 9.40. The number of amides is 1. The molecule has 3 N–H and O–H groups in total. The van der Waals surface area contributed by atoms with Gasteiger partial charge in [0.15, 0.2) is 0 Å². The summed E-state index contributed by atoms with van der Waals surface area (Å²) in [6.45, 7) is 4.10. The topological polar surface area (TPSA) is 58.4 Å². The van der Waals surface area contributed by atoms with Gasteiger partial charge < -0.3 is 11.1 Å². The van der Waals surface area contributed by atoms with Gasteiger partial charge in [-0.1, -0.05) is 11.6 Å². The lowest BCUT2D eigenvalue weighted by Gasteiger charge is -2.30. The number of nitrogens with one attached hydrogen (secondary N) is 1. The molecule has 1 aromatic carbocycles. The van der Waals surface area contributed by atoms with Crippen molar-refractivity contribution in [3.63, 3.8) is 0 Å². The van der Waals surface area contributed by atoms with E-state index >= 15 is 0 Å². The van der Waals surface area contributed by atoms with Crippen LogP contribution in [0.15, 0.2) is 18.2 Å². The molecule has 0 heterocycles. The molecule has 0 aromatic heterocycles. The highest BCUT2D eigenvalue weighted by Gasteiger charge is 2.33. The first-order valence-corrected chi connectivity index (χ1v) is 7.35. The van der Waals surface area contributed by atoms with Gasteiger partial charge in [-0.3, -0.25) is 9.69 Å². The van der Waals surface area contributed by atoms with E-state index in [1.54, 1.807) is 18.2 Å². The Morgan fingerprint density at radius 2 is 2.10 bits per heavy atom. The molecule has 1 fully saturated rings. The van der Waals surface area contributed by atoms with E-state index in [1.807, 2.05) is 14.0 Å². The SMILES string of the molecule is CC(C(=O)Nc1ccc(Cl)cc1N)N(C)C(C)C1CC1. The first kappa shape index (κ1) is 15.1. The van der Waals surface area contributed by atoms with Crippen LogP contribution >= 0.6 is 11.6 Å². The van der Waals surface area contributed by atoms with E-state index in [0.29, 0.717) is 22.4 Å². The highest BCUT2D eigenvalue weighted by molar-refractivity contribution is 6.31. The number of rotatable bonds is 5. The van der Waals surface area contributed by atoms with E-state index in [0.717, 1.165) is 5.92 Å². The molecule has 2 atom stereocenters. The van der Waals surface area contributed by atoms with Gasteiger partial charge in [0, 0.05) is 11.1 Å². The zero-order chi connectivity index (χ0) is 14.9. The molecule has 1 amide bonds. The number of anilines is 2. The Bertz CT molecular complexity index is 502. The molecular weight excluding hydrogens is 274 g/mol. The summed E-state index contributed by atoms with van der Waals surface area (Å²) in [5.41, 5.74) is 6.94. The lowest BCUT2D eigenvalue weighted by Crippen LogP contribution is -2.45. The van der Waals surface area contributed by atoms with Crippen LogP contribution in [0, 0.1) is 5.92 Å². The lowest BCUT2D eigenvalue weighted by atomic mass is 10.1. The van der Waals surface area contributed by atoms with Crippen molar-refractivity contribution in [3.05, 3.63) is 23.2 Å². The van der Waals surface area contributed by atoms with Gasteiger partial charge >= 0.3 is 0 Å². The molecule has 20 heavy (non-hydrogen) atoms.